The van der Waals surface area contributed by atoms with E-state index in [1.807, 2.05) is 0 Å². The first-order chi connectivity index (χ1) is 7.09. The Balaban J connectivity index is 2.72. The summed E-state index contributed by atoms with van der Waals surface area (Å²) in [5.41, 5.74) is 1.40. The van der Waals surface area contributed by atoms with Crippen LogP contribution in [0.25, 0.3) is 0 Å². The molecule has 1 aromatic carbocycles. The van der Waals surface area contributed by atoms with E-state index >= 15 is 0 Å². The Morgan fingerprint density at radius 2 is 1.60 bits per heavy atom. The van der Waals surface area contributed by atoms with Gasteiger partial charge in [0.1, 0.15) is 0 Å². The fourth-order valence-corrected chi connectivity index (χ4v) is 1.86. The normalized spacial score (nSPS) is 13.5. The minimum absolute atomic E-state index is 0.492. The highest BCUT2D eigenvalue weighted by Gasteiger charge is 2.13. The topological polar surface area (TPSA) is 12.0 Å². The van der Waals surface area contributed by atoms with Gasteiger partial charge in [0.05, 0.1) is 0 Å². The first-order valence-electron chi connectivity index (χ1n) is 5.90. The summed E-state index contributed by atoms with van der Waals surface area (Å²) < 4.78 is 0. The molecule has 1 unspecified atom stereocenters. The zero-order valence-electron chi connectivity index (χ0n) is 10.3. The first kappa shape index (κ1) is 12.3. The van der Waals surface area contributed by atoms with Crippen molar-refractivity contribution in [1.29, 1.82) is 0 Å². The van der Waals surface area contributed by atoms with Crippen LogP contribution in [0.3, 0.4) is 0 Å². The molecular weight excluding hydrogens is 182 g/mol. The van der Waals surface area contributed by atoms with Crippen molar-refractivity contribution in [2.45, 2.75) is 46.2 Å². The summed E-state index contributed by atoms with van der Waals surface area (Å²) in [7, 11) is 0. The maximum atomic E-state index is 3.63. The fourth-order valence-electron chi connectivity index (χ4n) is 1.86. The monoisotopic (exact) mass is 205 g/mol. The van der Waals surface area contributed by atoms with E-state index in [1.165, 1.54) is 12.0 Å². The average Bonchev–Trinajstić information content (AvgIpc) is 2.17. The van der Waals surface area contributed by atoms with Crippen molar-refractivity contribution >= 4 is 0 Å². The maximum absolute atomic E-state index is 3.63. The van der Waals surface area contributed by atoms with Crippen molar-refractivity contribution in [2.24, 2.45) is 5.92 Å². The van der Waals surface area contributed by atoms with Gasteiger partial charge in [-0.05, 0) is 17.9 Å². The molecule has 1 rings (SSSR count). The first-order valence-corrected chi connectivity index (χ1v) is 5.90. The molecule has 0 fully saturated rings. The molecule has 1 heteroatoms. The molecule has 0 amide bonds. The van der Waals surface area contributed by atoms with Gasteiger partial charge in [0.25, 0.3) is 0 Å². The number of hydrogen-bond acceptors (Lipinski definition) is 1. The lowest BCUT2D eigenvalue weighted by atomic mass is 9.96. The predicted molar refractivity (Wildman–Crippen MR) is 66.9 cm³/mol. The van der Waals surface area contributed by atoms with Gasteiger partial charge in [-0.1, -0.05) is 58.0 Å². The molecule has 0 saturated heterocycles. The van der Waals surface area contributed by atoms with Crippen LogP contribution in [0.5, 0.6) is 0 Å². The van der Waals surface area contributed by atoms with Gasteiger partial charge < -0.3 is 5.32 Å². The van der Waals surface area contributed by atoms with E-state index in [4.69, 9.17) is 0 Å². The van der Waals surface area contributed by atoms with E-state index < -0.39 is 0 Å². The highest BCUT2D eigenvalue weighted by atomic mass is 14.9. The third-order valence-electron chi connectivity index (χ3n) is 2.44. The molecule has 0 aliphatic rings. The van der Waals surface area contributed by atoms with Crippen LogP contribution in [0.1, 0.15) is 45.7 Å². The largest absolute Gasteiger partial charge is 0.308 e. The zero-order valence-corrected chi connectivity index (χ0v) is 10.3. The van der Waals surface area contributed by atoms with Crippen LogP contribution in [0.15, 0.2) is 30.3 Å². The lowest BCUT2D eigenvalue weighted by molar-refractivity contribution is 0.401. The maximum Gasteiger partial charge on any atom is 0.0324 e. The molecule has 1 aromatic rings. The summed E-state index contributed by atoms with van der Waals surface area (Å²) in [6.07, 6.45) is 1.20. The minimum atomic E-state index is 0.492. The van der Waals surface area contributed by atoms with Crippen LogP contribution in [-0.2, 0) is 0 Å². The number of nitrogens with one attached hydrogen (secondary N) is 1. The summed E-state index contributed by atoms with van der Waals surface area (Å²) in [6, 6.07) is 11.8. The van der Waals surface area contributed by atoms with Crippen LogP contribution in [0, 0.1) is 5.92 Å². The Morgan fingerprint density at radius 3 is 2.07 bits per heavy atom. The van der Waals surface area contributed by atoms with E-state index in [2.05, 4.69) is 63.3 Å². The summed E-state index contributed by atoms with van der Waals surface area (Å²) in [5, 5.41) is 3.63. The molecule has 0 bridgehead atoms. The van der Waals surface area contributed by atoms with E-state index in [9.17, 15) is 0 Å². The summed E-state index contributed by atoms with van der Waals surface area (Å²) in [5.74, 6) is 0.724. The summed E-state index contributed by atoms with van der Waals surface area (Å²) in [4.78, 5) is 0. The Hall–Kier alpha value is -0.820. The SMILES string of the molecule is CC(C)CC(NC(C)C)c1ccccc1. The molecule has 0 heterocycles. The number of rotatable bonds is 5. The van der Waals surface area contributed by atoms with E-state index in [0.29, 0.717) is 12.1 Å². The lowest BCUT2D eigenvalue weighted by Crippen LogP contribution is -2.29. The van der Waals surface area contributed by atoms with Gasteiger partial charge in [-0.15, -0.1) is 0 Å². The molecular formula is C14H23N. The second-order valence-corrected chi connectivity index (χ2v) is 4.91. The quantitative estimate of drug-likeness (QED) is 0.771. The van der Waals surface area contributed by atoms with E-state index in [0.717, 1.165) is 5.92 Å². The molecule has 0 spiro atoms. The molecule has 84 valence electrons. The van der Waals surface area contributed by atoms with Gasteiger partial charge in [0.2, 0.25) is 0 Å². The van der Waals surface area contributed by atoms with Crippen molar-refractivity contribution in [2.75, 3.05) is 0 Å². The van der Waals surface area contributed by atoms with E-state index in [1.54, 1.807) is 0 Å². The molecule has 0 saturated carbocycles. The fraction of sp³-hybridized carbons (Fsp3) is 0.571. The Morgan fingerprint density at radius 1 is 1.00 bits per heavy atom. The Labute approximate surface area is 93.9 Å². The van der Waals surface area contributed by atoms with Crippen molar-refractivity contribution in [1.82, 2.24) is 5.32 Å². The molecule has 1 nitrogen and oxygen atoms in total. The van der Waals surface area contributed by atoms with Crippen LogP contribution in [0.2, 0.25) is 0 Å². The third kappa shape index (κ3) is 4.48. The second kappa shape index (κ2) is 5.92. The number of hydrogen-bond donors (Lipinski definition) is 1. The van der Waals surface area contributed by atoms with Crippen LogP contribution >= 0.6 is 0 Å². The molecule has 0 aliphatic carbocycles. The van der Waals surface area contributed by atoms with Crippen LogP contribution in [-0.4, -0.2) is 6.04 Å². The Bertz CT molecular complexity index is 254. The standard InChI is InChI=1S/C14H23N/c1-11(2)10-14(15-12(3)4)13-8-6-5-7-9-13/h5-9,11-12,14-15H,10H2,1-4H3. The zero-order chi connectivity index (χ0) is 11.3. The minimum Gasteiger partial charge on any atom is -0.308 e. The highest BCUT2D eigenvalue weighted by Crippen LogP contribution is 2.21. The van der Waals surface area contributed by atoms with Crippen LogP contribution < -0.4 is 5.32 Å². The average molecular weight is 205 g/mol. The van der Waals surface area contributed by atoms with Crippen molar-refractivity contribution in [3.05, 3.63) is 35.9 Å². The molecule has 0 radical (unpaired) electrons. The van der Waals surface area contributed by atoms with Gasteiger partial charge >= 0.3 is 0 Å². The second-order valence-electron chi connectivity index (χ2n) is 4.91. The third-order valence-corrected chi connectivity index (χ3v) is 2.44. The summed E-state index contributed by atoms with van der Waals surface area (Å²) >= 11 is 0. The van der Waals surface area contributed by atoms with Gasteiger partial charge in [0, 0.05) is 12.1 Å². The molecule has 1 N–H and O–H groups in total. The van der Waals surface area contributed by atoms with Crippen molar-refractivity contribution in [3.63, 3.8) is 0 Å². The Kier molecular flexibility index (Phi) is 4.83. The van der Waals surface area contributed by atoms with Crippen molar-refractivity contribution in [3.8, 4) is 0 Å². The van der Waals surface area contributed by atoms with Crippen molar-refractivity contribution < 1.29 is 0 Å². The highest BCUT2D eigenvalue weighted by molar-refractivity contribution is 5.19. The summed E-state index contributed by atoms with van der Waals surface area (Å²) in [6.45, 7) is 8.96. The predicted octanol–water partition coefficient (Wildman–Crippen LogP) is 3.77. The van der Waals surface area contributed by atoms with Gasteiger partial charge in [-0.3, -0.25) is 0 Å². The molecule has 0 aliphatic heterocycles. The molecule has 0 aromatic heterocycles. The van der Waals surface area contributed by atoms with Gasteiger partial charge in [0.15, 0.2) is 0 Å². The lowest BCUT2D eigenvalue weighted by Gasteiger charge is -2.23. The van der Waals surface area contributed by atoms with Crippen LogP contribution in [0.4, 0.5) is 0 Å². The van der Waals surface area contributed by atoms with Gasteiger partial charge in [-0.25, -0.2) is 0 Å². The molecule has 1 atom stereocenters. The van der Waals surface area contributed by atoms with E-state index in [-0.39, 0.29) is 0 Å². The smallest absolute Gasteiger partial charge is 0.0324 e. The molecule has 15 heavy (non-hydrogen) atoms. The van der Waals surface area contributed by atoms with Gasteiger partial charge in [-0.2, -0.15) is 0 Å². The number of benzene rings is 1.